The fraction of sp³-hybridized carbons (Fsp3) is 0. The van der Waals surface area contributed by atoms with Gasteiger partial charge >= 0.3 is 0 Å². The third-order valence-electron chi connectivity index (χ3n) is 2.30. The third kappa shape index (κ3) is 2.93. The van der Waals surface area contributed by atoms with Gasteiger partial charge in [0.15, 0.2) is 0 Å². The monoisotopic (exact) mass is 260 g/mol. The summed E-state index contributed by atoms with van der Waals surface area (Å²) in [6, 6.07) is 13.7. The summed E-state index contributed by atoms with van der Waals surface area (Å²) in [5, 5.41) is 10.9. The van der Waals surface area contributed by atoms with Crippen molar-refractivity contribution in [3.63, 3.8) is 0 Å². The molecule has 5 heteroatoms. The van der Waals surface area contributed by atoms with Crippen molar-refractivity contribution in [1.82, 2.24) is 0 Å². The van der Waals surface area contributed by atoms with Crippen molar-refractivity contribution in [1.29, 1.82) is 0 Å². The van der Waals surface area contributed by atoms with Crippen molar-refractivity contribution in [2.75, 3.05) is 0 Å². The Kier molecular flexibility index (Phi) is 3.69. The molecule has 0 aliphatic rings. The number of benzene rings is 2. The molecule has 2 rings (SSSR count). The predicted molar refractivity (Wildman–Crippen MR) is 71.8 cm³/mol. The summed E-state index contributed by atoms with van der Waals surface area (Å²) in [6.45, 7) is 0. The van der Waals surface area contributed by atoms with Crippen LogP contribution in [0.15, 0.2) is 53.5 Å². The Bertz CT molecular complexity index is 597. The van der Waals surface area contributed by atoms with E-state index in [4.69, 9.17) is 11.6 Å². The van der Waals surface area contributed by atoms with Gasteiger partial charge in [-0.15, -0.1) is 0 Å². The lowest BCUT2D eigenvalue weighted by atomic mass is 10.2. The van der Waals surface area contributed by atoms with E-state index in [0.717, 1.165) is 5.69 Å². The van der Waals surface area contributed by atoms with Crippen LogP contribution in [0, 0.1) is 10.1 Å². The highest BCUT2D eigenvalue weighted by Crippen LogP contribution is 2.21. The zero-order chi connectivity index (χ0) is 13.0. The van der Waals surface area contributed by atoms with Crippen LogP contribution in [0.25, 0.3) is 0 Å². The molecule has 0 heterocycles. The predicted octanol–water partition coefficient (Wildman–Crippen LogP) is 4.00. The molecule has 0 saturated heterocycles. The first-order valence-corrected chi connectivity index (χ1v) is 5.57. The first kappa shape index (κ1) is 12.3. The molecule has 0 aliphatic carbocycles. The summed E-state index contributed by atoms with van der Waals surface area (Å²) in [6.07, 6.45) is 1.58. The van der Waals surface area contributed by atoms with Crippen LogP contribution >= 0.6 is 11.6 Å². The molecule has 0 amide bonds. The molecular formula is C13H9ClN2O2. The SMILES string of the molecule is O=[N+]([O-])c1ccc(C=Nc2ccccc2)c(Cl)c1. The van der Waals surface area contributed by atoms with Gasteiger partial charge < -0.3 is 0 Å². The van der Waals surface area contributed by atoms with Gasteiger partial charge in [-0.3, -0.25) is 15.1 Å². The number of halogens is 1. The number of hydrogen-bond donors (Lipinski definition) is 0. The van der Waals surface area contributed by atoms with Crippen LogP contribution in [-0.4, -0.2) is 11.1 Å². The summed E-state index contributed by atoms with van der Waals surface area (Å²) in [4.78, 5) is 14.3. The van der Waals surface area contributed by atoms with Crippen molar-refractivity contribution in [2.45, 2.75) is 0 Å². The Morgan fingerprint density at radius 1 is 1.17 bits per heavy atom. The minimum atomic E-state index is -0.482. The summed E-state index contributed by atoms with van der Waals surface area (Å²) in [5.41, 5.74) is 1.41. The maximum atomic E-state index is 10.6. The van der Waals surface area contributed by atoms with Crippen molar-refractivity contribution >= 4 is 29.2 Å². The molecule has 0 unspecified atom stereocenters. The van der Waals surface area contributed by atoms with Crippen molar-refractivity contribution in [3.05, 3.63) is 69.2 Å². The van der Waals surface area contributed by atoms with Crippen LogP contribution < -0.4 is 0 Å². The number of nitro benzene ring substituents is 1. The summed E-state index contributed by atoms with van der Waals surface area (Å²) < 4.78 is 0. The van der Waals surface area contributed by atoms with E-state index in [1.165, 1.54) is 12.1 Å². The maximum Gasteiger partial charge on any atom is 0.270 e. The van der Waals surface area contributed by atoms with E-state index in [2.05, 4.69) is 4.99 Å². The van der Waals surface area contributed by atoms with Gasteiger partial charge in [-0.1, -0.05) is 29.8 Å². The molecule has 0 saturated carbocycles. The first-order valence-electron chi connectivity index (χ1n) is 5.20. The normalized spacial score (nSPS) is 10.7. The number of non-ortho nitro benzene ring substituents is 1. The topological polar surface area (TPSA) is 55.5 Å². The number of hydrogen-bond acceptors (Lipinski definition) is 3. The Labute approximate surface area is 109 Å². The smallest absolute Gasteiger partial charge is 0.258 e. The molecule has 0 aromatic heterocycles. The molecule has 0 aliphatic heterocycles. The third-order valence-corrected chi connectivity index (χ3v) is 2.63. The molecule has 90 valence electrons. The quantitative estimate of drug-likeness (QED) is 0.476. The van der Waals surface area contributed by atoms with Crippen LogP contribution in [0.1, 0.15) is 5.56 Å². The van der Waals surface area contributed by atoms with E-state index in [0.29, 0.717) is 10.6 Å². The molecular weight excluding hydrogens is 252 g/mol. The molecule has 0 spiro atoms. The van der Waals surface area contributed by atoms with Gasteiger partial charge in [-0.25, -0.2) is 0 Å². The van der Waals surface area contributed by atoms with Crippen LogP contribution in [0.2, 0.25) is 5.02 Å². The average Bonchev–Trinajstić information content (AvgIpc) is 2.38. The molecule has 0 atom stereocenters. The Hall–Kier alpha value is -2.20. The zero-order valence-corrected chi connectivity index (χ0v) is 10.0. The second-order valence-corrected chi connectivity index (χ2v) is 3.96. The number of aliphatic imine (C=N–C) groups is 1. The van der Waals surface area contributed by atoms with Crippen molar-refractivity contribution in [2.24, 2.45) is 4.99 Å². The minimum Gasteiger partial charge on any atom is -0.258 e. The van der Waals surface area contributed by atoms with Crippen molar-refractivity contribution < 1.29 is 4.92 Å². The standard InChI is InChI=1S/C13H9ClN2O2/c14-13-8-12(16(17)18)7-6-10(13)9-15-11-4-2-1-3-5-11/h1-9H. The number of nitrogens with zero attached hydrogens (tertiary/aromatic N) is 2. The second kappa shape index (κ2) is 5.42. The highest BCUT2D eigenvalue weighted by Gasteiger charge is 2.07. The van der Waals surface area contributed by atoms with Crippen molar-refractivity contribution in [3.8, 4) is 0 Å². The summed E-state index contributed by atoms with van der Waals surface area (Å²) in [5.74, 6) is 0. The molecule has 18 heavy (non-hydrogen) atoms. The molecule has 2 aromatic carbocycles. The lowest BCUT2D eigenvalue weighted by molar-refractivity contribution is -0.384. The van der Waals surface area contributed by atoms with Gasteiger partial charge in [-0.05, 0) is 18.2 Å². The van der Waals surface area contributed by atoms with E-state index in [-0.39, 0.29) is 5.69 Å². The molecule has 0 radical (unpaired) electrons. The van der Waals surface area contributed by atoms with Crippen LogP contribution in [0.5, 0.6) is 0 Å². The average molecular weight is 261 g/mol. The van der Waals surface area contributed by atoms with Gasteiger partial charge in [0.05, 0.1) is 15.6 Å². The molecule has 0 bridgehead atoms. The summed E-state index contributed by atoms with van der Waals surface area (Å²) >= 11 is 5.94. The maximum absolute atomic E-state index is 10.6. The highest BCUT2D eigenvalue weighted by atomic mass is 35.5. The number of para-hydroxylation sites is 1. The van der Waals surface area contributed by atoms with E-state index in [9.17, 15) is 10.1 Å². The number of nitro groups is 1. The molecule has 2 aromatic rings. The lowest BCUT2D eigenvalue weighted by Gasteiger charge is -1.98. The van der Waals surface area contributed by atoms with E-state index in [1.807, 2.05) is 30.3 Å². The van der Waals surface area contributed by atoms with Gasteiger partial charge in [0.1, 0.15) is 0 Å². The van der Waals surface area contributed by atoms with E-state index >= 15 is 0 Å². The first-order chi connectivity index (χ1) is 8.66. The molecule has 4 nitrogen and oxygen atoms in total. The van der Waals surface area contributed by atoms with Crippen LogP contribution in [0.3, 0.4) is 0 Å². The minimum absolute atomic E-state index is 0.0307. The van der Waals surface area contributed by atoms with Gasteiger partial charge in [0.25, 0.3) is 5.69 Å². The number of rotatable bonds is 3. The second-order valence-electron chi connectivity index (χ2n) is 3.56. The molecule has 0 fully saturated rings. The van der Waals surface area contributed by atoms with E-state index in [1.54, 1.807) is 12.3 Å². The van der Waals surface area contributed by atoms with Crippen LogP contribution in [-0.2, 0) is 0 Å². The Morgan fingerprint density at radius 3 is 2.50 bits per heavy atom. The fourth-order valence-corrected chi connectivity index (χ4v) is 1.62. The zero-order valence-electron chi connectivity index (χ0n) is 9.29. The Balaban J connectivity index is 2.25. The summed E-state index contributed by atoms with van der Waals surface area (Å²) in [7, 11) is 0. The highest BCUT2D eigenvalue weighted by molar-refractivity contribution is 6.33. The van der Waals surface area contributed by atoms with Gasteiger partial charge in [-0.2, -0.15) is 0 Å². The van der Waals surface area contributed by atoms with Crippen LogP contribution in [0.4, 0.5) is 11.4 Å². The fourth-order valence-electron chi connectivity index (χ4n) is 1.39. The lowest BCUT2D eigenvalue weighted by Crippen LogP contribution is -1.90. The van der Waals surface area contributed by atoms with Gasteiger partial charge in [0, 0.05) is 23.9 Å². The Morgan fingerprint density at radius 2 is 1.89 bits per heavy atom. The van der Waals surface area contributed by atoms with Gasteiger partial charge in [0.2, 0.25) is 0 Å². The van der Waals surface area contributed by atoms with E-state index < -0.39 is 4.92 Å². The molecule has 0 N–H and O–H groups in total. The largest absolute Gasteiger partial charge is 0.270 e.